The second-order valence-electron chi connectivity index (χ2n) is 5.39. The van der Waals surface area contributed by atoms with Crippen LogP contribution in [0.15, 0.2) is 24.3 Å². The Kier molecular flexibility index (Phi) is 2.96. The van der Waals surface area contributed by atoms with Gasteiger partial charge >= 0.3 is 0 Å². The van der Waals surface area contributed by atoms with Crippen LogP contribution in [0, 0.1) is 0 Å². The summed E-state index contributed by atoms with van der Waals surface area (Å²) in [6.45, 7) is 3.51. The molecule has 0 aromatic heterocycles. The highest BCUT2D eigenvalue weighted by molar-refractivity contribution is 5.85. The first-order valence-corrected chi connectivity index (χ1v) is 6.05. The highest BCUT2D eigenvalue weighted by atomic mass is 16.2. The van der Waals surface area contributed by atoms with Crippen LogP contribution in [0.3, 0.4) is 0 Å². The number of amides is 1. The van der Waals surface area contributed by atoms with Gasteiger partial charge in [-0.25, -0.2) is 0 Å². The van der Waals surface area contributed by atoms with Crippen LogP contribution in [0.2, 0.25) is 0 Å². The van der Waals surface area contributed by atoms with E-state index >= 15 is 0 Å². The quantitative estimate of drug-likeness (QED) is 0.846. The van der Waals surface area contributed by atoms with Gasteiger partial charge in [0, 0.05) is 7.05 Å². The predicted octanol–water partition coefficient (Wildman–Crippen LogP) is 1.87. The molecule has 0 heterocycles. The molecule has 1 aliphatic rings. The van der Waals surface area contributed by atoms with Crippen LogP contribution in [0.4, 0.5) is 0 Å². The molecule has 0 bridgehead atoms. The molecule has 0 spiro atoms. The third kappa shape index (κ3) is 2.20. The fraction of sp³-hybridized carbons (Fsp3) is 0.500. The summed E-state index contributed by atoms with van der Waals surface area (Å²) in [6, 6.07) is 8.52. The first-order chi connectivity index (χ1) is 7.91. The average molecular weight is 232 g/mol. The van der Waals surface area contributed by atoms with Gasteiger partial charge in [-0.05, 0) is 37.8 Å². The summed E-state index contributed by atoms with van der Waals surface area (Å²) >= 11 is 0. The van der Waals surface area contributed by atoms with Crippen LogP contribution in [0.1, 0.15) is 37.4 Å². The van der Waals surface area contributed by atoms with E-state index in [0.717, 1.165) is 12.8 Å². The highest BCUT2D eigenvalue weighted by Gasteiger charge is 2.33. The number of nitrogens with zero attached hydrogens (tertiary/aromatic N) is 1. The van der Waals surface area contributed by atoms with Gasteiger partial charge in [-0.15, -0.1) is 0 Å². The van der Waals surface area contributed by atoms with E-state index in [1.807, 2.05) is 13.1 Å². The third-order valence-electron chi connectivity index (χ3n) is 3.44. The lowest BCUT2D eigenvalue weighted by Gasteiger charge is -2.31. The van der Waals surface area contributed by atoms with Crippen molar-refractivity contribution in [2.45, 2.75) is 38.3 Å². The largest absolute Gasteiger partial charge is 0.337 e. The van der Waals surface area contributed by atoms with E-state index in [4.69, 9.17) is 5.73 Å². The molecule has 1 unspecified atom stereocenters. The molecule has 17 heavy (non-hydrogen) atoms. The van der Waals surface area contributed by atoms with Crippen LogP contribution < -0.4 is 5.73 Å². The number of rotatable bonds is 2. The molecule has 1 atom stereocenters. The summed E-state index contributed by atoms with van der Waals surface area (Å²) in [5.41, 5.74) is 7.70. The topological polar surface area (TPSA) is 46.3 Å². The fourth-order valence-corrected chi connectivity index (χ4v) is 2.53. The van der Waals surface area contributed by atoms with Crippen LogP contribution >= 0.6 is 0 Å². The molecule has 2 N–H and O–H groups in total. The minimum atomic E-state index is -0.799. The molecule has 0 saturated heterocycles. The molecular formula is C14H20N2O. The van der Waals surface area contributed by atoms with Crippen molar-refractivity contribution in [2.75, 3.05) is 7.05 Å². The van der Waals surface area contributed by atoms with Crippen molar-refractivity contribution in [3.8, 4) is 0 Å². The van der Waals surface area contributed by atoms with Gasteiger partial charge in [0.15, 0.2) is 0 Å². The molecule has 1 amide bonds. The Morgan fingerprint density at radius 3 is 2.71 bits per heavy atom. The van der Waals surface area contributed by atoms with Gasteiger partial charge in [0.2, 0.25) is 5.91 Å². The van der Waals surface area contributed by atoms with Crippen LogP contribution in [0.25, 0.3) is 0 Å². The maximum atomic E-state index is 12.2. The maximum absolute atomic E-state index is 12.2. The van der Waals surface area contributed by atoms with E-state index in [-0.39, 0.29) is 11.9 Å². The number of fused-ring (bicyclic) bond motifs is 1. The van der Waals surface area contributed by atoms with E-state index in [2.05, 4.69) is 18.2 Å². The summed E-state index contributed by atoms with van der Waals surface area (Å²) in [6.07, 6.45) is 2.04. The van der Waals surface area contributed by atoms with Gasteiger partial charge in [0.25, 0.3) is 0 Å². The summed E-state index contributed by atoms with van der Waals surface area (Å²) < 4.78 is 0. The van der Waals surface area contributed by atoms with Crippen molar-refractivity contribution in [1.29, 1.82) is 0 Å². The Morgan fingerprint density at radius 2 is 2.06 bits per heavy atom. The molecular weight excluding hydrogens is 212 g/mol. The van der Waals surface area contributed by atoms with E-state index in [0.29, 0.717) is 0 Å². The number of likely N-dealkylation sites (N-methyl/N-ethyl adjacent to an activating group) is 1. The first kappa shape index (κ1) is 12.1. The van der Waals surface area contributed by atoms with Gasteiger partial charge in [-0.3, -0.25) is 4.79 Å². The molecule has 1 aromatic carbocycles. The Labute approximate surface area is 103 Å². The van der Waals surface area contributed by atoms with Crippen molar-refractivity contribution in [3.05, 3.63) is 35.4 Å². The summed E-state index contributed by atoms with van der Waals surface area (Å²) in [5, 5.41) is 0. The third-order valence-corrected chi connectivity index (χ3v) is 3.44. The summed E-state index contributed by atoms with van der Waals surface area (Å²) in [5.74, 6) is -0.000738. The lowest BCUT2D eigenvalue weighted by molar-refractivity contribution is -0.136. The second kappa shape index (κ2) is 4.15. The lowest BCUT2D eigenvalue weighted by atomic mass is 10.0. The molecule has 2 rings (SSSR count). The van der Waals surface area contributed by atoms with Crippen LogP contribution in [-0.2, 0) is 11.2 Å². The zero-order valence-corrected chi connectivity index (χ0v) is 10.7. The zero-order chi connectivity index (χ0) is 12.6. The number of hydrogen-bond acceptors (Lipinski definition) is 2. The monoisotopic (exact) mass is 232 g/mol. The fourth-order valence-electron chi connectivity index (χ4n) is 2.53. The number of aryl methyl sites for hydroxylation is 1. The molecule has 92 valence electrons. The minimum absolute atomic E-state index is 0.000738. The highest BCUT2D eigenvalue weighted by Crippen LogP contribution is 2.35. The normalized spacial score (nSPS) is 18.9. The number of hydrogen-bond donors (Lipinski definition) is 1. The number of nitrogens with two attached hydrogens (primary N) is 1. The van der Waals surface area contributed by atoms with Crippen molar-refractivity contribution in [1.82, 2.24) is 4.90 Å². The predicted molar refractivity (Wildman–Crippen MR) is 68.5 cm³/mol. The Bertz CT molecular complexity index is 434. The van der Waals surface area contributed by atoms with Crippen molar-refractivity contribution in [3.63, 3.8) is 0 Å². The number of carbonyl (C=O) groups is 1. The van der Waals surface area contributed by atoms with Crippen molar-refractivity contribution >= 4 is 5.91 Å². The van der Waals surface area contributed by atoms with Crippen LogP contribution in [0.5, 0.6) is 0 Å². The standard InChI is InChI=1S/C14H20N2O/c1-14(2,15)13(17)16(3)12-9-8-10-6-4-5-7-11(10)12/h4-7,12H,8-9,15H2,1-3H3. The molecule has 0 aliphatic heterocycles. The van der Waals surface area contributed by atoms with E-state index in [1.165, 1.54) is 11.1 Å². The molecule has 3 heteroatoms. The summed E-state index contributed by atoms with van der Waals surface area (Å²) in [4.78, 5) is 14.0. The minimum Gasteiger partial charge on any atom is -0.337 e. The SMILES string of the molecule is CN(C(=O)C(C)(C)N)C1CCc2ccccc21. The molecule has 0 radical (unpaired) electrons. The second-order valence-corrected chi connectivity index (χ2v) is 5.39. The molecule has 1 aliphatic carbocycles. The van der Waals surface area contributed by atoms with Gasteiger partial charge in [-0.1, -0.05) is 24.3 Å². The number of benzene rings is 1. The van der Waals surface area contributed by atoms with Gasteiger partial charge in [-0.2, -0.15) is 0 Å². The molecule has 0 saturated carbocycles. The molecule has 3 nitrogen and oxygen atoms in total. The first-order valence-electron chi connectivity index (χ1n) is 6.05. The lowest BCUT2D eigenvalue weighted by Crippen LogP contribution is -2.50. The Morgan fingerprint density at radius 1 is 1.41 bits per heavy atom. The van der Waals surface area contributed by atoms with E-state index in [1.54, 1.807) is 18.7 Å². The van der Waals surface area contributed by atoms with Crippen molar-refractivity contribution < 1.29 is 4.79 Å². The molecule has 1 aromatic rings. The van der Waals surface area contributed by atoms with Gasteiger partial charge < -0.3 is 10.6 Å². The smallest absolute Gasteiger partial charge is 0.242 e. The Balaban J connectivity index is 2.24. The summed E-state index contributed by atoms with van der Waals surface area (Å²) in [7, 11) is 1.85. The van der Waals surface area contributed by atoms with E-state index in [9.17, 15) is 4.79 Å². The number of carbonyl (C=O) groups excluding carboxylic acids is 1. The van der Waals surface area contributed by atoms with Gasteiger partial charge in [0.05, 0.1) is 11.6 Å². The van der Waals surface area contributed by atoms with Gasteiger partial charge in [0.1, 0.15) is 0 Å². The average Bonchev–Trinajstić information content (AvgIpc) is 2.69. The van der Waals surface area contributed by atoms with Crippen molar-refractivity contribution in [2.24, 2.45) is 5.73 Å². The maximum Gasteiger partial charge on any atom is 0.242 e. The Hall–Kier alpha value is -1.35. The zero-order valence-electron chi connectivity index (χ0n) is 10.7. The van der Waals surface area contributed by atoms with Crippen LogP contribution in [-0.4, -0.2) is 23.4 Å². The van der Waals surface area contributed by atoms with E-state index < -0.39 is 5.54 Å². The molecule has 0 fully saturated rings.